The first-order chi connectivity index (χ1) is 7.29. The number of rotatable bonds is 3. The molecule has 0 saturated carbocycles. The molecule has 17 heavy (non-hydrogen) atoms. The van der Waals surface area contributed by atoms with Crippen molar-refractivity contribution >= 4 is 18.2 Å². The fourth-order valence-corrected chi connectivity index (χ4v) is 1.21. The van der Waals surface area contributed by atoms with E-state index >= 15 is 0 Å². The summed E-state index contributed by atoms with van der Waals surface area (Å²) in [7, 11) is 0. The Morgan fingerprint density at radius 2 is 2.06 bits per heavy atom. The number of nitrogens with zero attached hydrogens (tertiary/aromatic N) is 1. The second-order valence-corrected chi connectivity index (χ2v) is 3.69. The number of nitrogens with two attached hydrogens (primary N) is 1. The molecule has 0 aliphatic rings. The lowest BCUT2D eigenvalue weighted by atomic mass is 10.1. The van der Waals surface area contributed by atoms with Crippen LogP contribution in [0, 0.1) is 6.92 Å². The molecule has 0 fully saturated rings. The summed E-state index contributed by atoms with van der Waals surface area (Å²) in [6.45, 7) is 2.40. The van der Waals surface area contributed by atoms with Crippen LogP contribution in [-0.2, 0) is 0 Å². The minimum atomic E-state index is -4.24. The van der Waals surface area contributed by atoms with Gasteiger partial charge < -0.3 is 11.1 Å². The molecule has 3 nitrogen and oxygen atoms in total. The molecule has 0 aromatic carbocycles. The maximum absolute atomic E-state index is 12.0. The van der Waals surface area contributed by atoms with Gasteiger partial charge in [0.05, 0.1) is 0 Å². The Balaban J connectivity index is 0.00000256. The zero-order chi connectivity index (χ0) is 12.3. The van der Waals surface area contributed by atoms with Crippen molar-refractivity contribution in [3.8, 4) is 0 Å². The molecule has 0 spiro atoms. The van der Waals surface area contributed by atoms with E-state index in [-0.39, 0.29) is 24.3 Å². The minimum absolute atomic E-state index is 0. The summed E-state index contributed by atoms with van der Waals surface area (Å²) < 4.78 is 35.9. The van der Waals surface area contributed by atoms with E-state index in [9.17, 15) is 13.2 Å². The molecule has 1 aromatic heterocycles. The number of hydrogen-bond donors (Lipinski definition) is 2. The predicted octanol–water partition coefficient (Wildman–Crippen LogP) is 2.81. The molecule has 0 aliphatic carbocycles. The highest BCUT2D eigenvalue weighted by Gasteiger charge is 2.27. The van der Waals surface area contributed by atoms with Gasteiger partial charge in [0.1, 0.15) is 12.4 Å². The van der Waals surface area contributed by atoms with Crippen LogP contribution >= 0.6 is 12.4 Å². The van der Waals surface area contributed by atoms with E-state index in [2.05, 4.69) is 10.3 Å². The largest absolute Gasteiger partial charge is 0.405 e. The van der Waals surface area contributed by atoms with E-state index in [0.29, 0.717) is 5.56 Å². The molecule has 0 aliphatic heterocycles. The van der Waals surface area contributed by atoms with E-state index in [4.69, 9.17) is 5.73 Å². The van der Waals surface area contributed by atoms with Crippen LogP contribution in [0.25, 0.3) is 0 Å². The number of halogens is 4. The lowest BCUT2D eigenvalue weighted by Crippen LogP contribution is -2.22. The van der Waals surface area contributed by atoms with Crippen molar-refractivity contribution in [3.05, 3.63) is 23.4 Å². The van der Waals surface area contributed by atoms with Gasteiger partial charge in [-0.3, -0.25) is 0 Å². The van der Waals surface area contributed by atoms with Crippen molar-refractivity contribution in [2.45, 2.75) is 26.1 Å². The van der Waals surface area contributed by atoms with Crippen LogP contribution in [0.2, 0.25) is 0 Å². The maximum Gasteiger partial charge on any atom is 0.405 e. The normalized spacial score (nSPS) is 12.8. The summed E-state index contributed by atoms with van der Waals surface area (Å²) in [5.74, 6) is 0.238. The summed E-state index contributed by atoms with van der Waals surface area (Å²) in [4.78, 5) is 3.91. The number of pyridine rings is 1. The molecular formula is C10H15ClF3N3. The fraction of sp³-hybridized carbons (Fsp3) is 0.500. The number of aromatic nitrogens is 1. The van der Waals surface area contributed by atoms with Crippen molar-refractivity contribution < 1.29 is 13.2 Å². The van der Waals surface area contributed by atoms with Gasteiger partial charge in [0.15, 0.2) is 0 Å². The third kappa shape index (κ3) is 5.23. The van der Waals surface area contributed by atoms with E-state index in [0.717, 1.165) is 5.56 Å². The molecule has 0 amide bonds. The zero-order valence-electron chi connectivity index (χ0n) is 9.51. The van der Waals surface area contributed by atoms with Crippen LogP contribution in [0.1, 0.15) is 24.1 Å². The van der Waals surface area contributed by atoms with E-state index in [1.165, 1.54) is 6.20 Å². The topological polar surface area (TPSA) is 50.9 Å². The van der Waals surface area contributed by atoms with Crippen LogP contribution in [-0.4, -0.2) is 17.7 Å². The number of hydrogen-bond acceptors (Lipinski definition) is 3. The first-order valence-corrected chi connectivity index (χ1v) is 4.82. The third-order valence-electron chi connectivity index (χ3n) is 2.08. The first kappa shape index (κ1) is 16.0. The van der Waals surface area contributed by atoms with Gasteiger partial charge in [-0.05, 0) is 31.0 Å². The average molecular weight is 270 g/mol. The number of nitrogens with one attached hydrogen (secondary N) is 1. The fourth-order valence-electron chi connectivity index (χ4n) is 1.21. The Morgan fingerprint density at radius 3 is 2.47 bits per heavy atom. The summed E-state index contributed by atoms with van der Waals surface area (Å²) in [6, 6.07) is 1.55. The molecule has 1 heterocycles. The molecule has 98 valence electrons. The molecule has 1 atom stereocenters. The number of alkyl halides is 3. The maximum atomic E-state index is 12.0. The highest BCUT2D eigenvalue weighted by atomic mass is 35.5. The SMILES string of the molecule is Cc1cc(C(C)N)cnc1NCC(F)(F)F.Cl. The van der Waals surface area contributed by atoms with Crippen LogP contribution in [0.5, 0.6) is 0 Å². The molecule has 1 unspecified atom stereocenters. The summed E-state index contributed by atoms with van der Waals surface area (Å²) in [6.07, 6.45) is -2.76. The molecule has 1 aromatic rings. The first-order valence-electron chi connectivity index (χ1n) is 4.82. The van der Waals surface area contributed by atoms with Gasteiger partial charge in [0.2, 0.25) is 0 Å². The summed E-state index contributed by atoms with van der Waals surface area (Å²) in [5.41, 5.74) is 7.09. The Labute approximate surface area is 104 Å². The Bertz CT molecular complexity index is 366. The third-order valence-corrected chi connectivity index (χ3v) is 2.08. The minimum Gasteiger partial charge on any atom is -0.361 e. The summed E-state index contributed by atoms with van der Waals surface area (Å²) in [5, 5.41) is 2.24. The van der Waals surface area contributed by atoms with Crippen molar-refractivity contribution in [1.29, 1.82) is 0 Å². The van der Waals surface area contributed by atoms with E-state index in [1.807, 2.05) is 0 Å². The highest BCUT2D eigenvalue weighted by Crippen LogP contribution is 2.19. The molecule has 3 N–H and O–H groups in total. The molecule has 0 saturated heterocycles. The van der Waals surface area contributed by atoms with Crippen LogP contribution < -0.4 is 11.1 Å². The zero-order valence-corrected chi connectivity index (χ0v) is 10.3. The Hall–Kier alpha value is -1.01. The lowest BCUT2D eigenvalue weighted by Gasteiger charge is -2.13. The standard InChI is InChI=1S/C10H14F3N3.ClH/c1-6-3-8(7(2)14)4-15-9(6)16-5-10(11,12)13;/h3-4,7H,5,14H2,1-2H3,(H,15,16);1H. The van der Waals surface area contributed by atoms with Gasteiger partial charge in [0, 0.05) is 12.2 Å². The Morgan fingerprint density at radius 1 is 1.47 bits per heavy atom. The van der Waals surface area contributed by atoms with Gasteiger partial charge in [-0.2, -0.15) is 13.2 Å². The monoisotopic (exact) mass is 269 g/mol. The molecular weight excluding hydrogens is 255 g/mol. The van der Waals surface area contributed by atoms with Crippen LogP contribution in [0.4, 0.5) is 19.0 Å². The van der Waals surface area contributed by atoms with Gasteiger partial charge in [-0.1, -0.05) is 0 Å². The lowest BCUT2D eigenvalue weighted by molar-refractivity contribution is -0.115. The molecule has 0 bridgehead atoms. The van der Waals surface area contributed by atoms with Crippen LogP contribution in [0.15, 0.2) is 12.3 Å². The molecule has 0 radical (unpaired) electrons. The predicted molar refractivity (Wildman–Crippen MR) is 63.4 cm³/mol. The molecule has 7 heteroatoms. The number of aryl methyl sites for hydroxylation is 1. The highest BCUT2D eigenvalue weighted by molar-refractivity contribution is 5.85. The molecule has 1 rings (SSSR count). The smallest absolute Gasteiger partial charge is 0.361 e. The van der Waals surface area contributed by atoms with E-state index < -0.39 is 12.7 Å². The van der Waals surface area contributed by atoms with Gasteiger partial charge >= 0.3 is 6.18 Å². The summed E-state index contributed by atoms with van der Waals surface area (Å²) >= 11 is 0. The average Bonchev–Trinajstić information content (AvgIpc) is 2.14. The number of anilines is 1. The van der Waals surface area contributed by atoms with Crippen molar-refractivity contribution in [2.75, 3.05) is 11.9 Å². The second-order valence-electron chi connectivity index (χ2n) is 3.69. The van der Waals surface area contributed by atoms with Crippen molar-refractivity contribution in [3.63, 3.8) is 0 Å². The van der Waals surface area contributed by atoms with Gasteiger partial charge in [0.25, 0.3) is 0 Å². The second kappa shape index (κ2) is 6.07. The van der Waals surface area contributed by atoms with Gasteiger partial charge in [-0.15, -0.1) is 12.4 Å². The van der Waals surface area contributed by atoms with Crippen LogP contribution in [0.3, 0.4) is 0 Å². The van der Waals surface area contributed by atoms with Crippen molar-refractivity contribution in [2.24, 2.45) is 5.73 Å². The Kier molecular flexibility index (Phi) is 5.71. The quantitative estimate of drug-likeness (QED) is 0.887. The van der Waals surface area contributed by atoms with Gasteiger partial charge in [-0.25, -0.2) is 4.98 Å². The van der Waals surface area contributed by atoms with E-state index in [1.54, 1.807) is 19.9 Å². The van der Waals surface area contributed by atoms with Crippen molar-refractivity contribution in [1.82, 2.24) is 4.98 Å².